The third-order valence-corrected chi connectivity index (χ3v) is 4.73. The molecule has 1 aromatic carbocycles. The molecule has 0 bridgehead atoms. The van der Waals surface area contributed by atoms with Crippen molar-refractivity contribution in [3.8, 4) is 0 Å². The van der Waals surface area contributed by atoms with Crippen molar-refractivity contribution >= 4 is 0 Å². The van der Waals surface area contributed by atoms with Gasteiger partial charge in [0.05, 0.1) is 0 Å². The van der Waals surface area contributed by atoms with Gasteiger partial charge in [-0.05, 0) is 37.2 Å². The average Bonchev–Trinajstić information content (AvgIpc) is 2.59. The first-order valence-electron chi connectivity index (χ1n) is 8.86. The second kappa shape index (κ2) is 8.78. The van der Waals surface area contributed by atoms with Gasteiger partial charge >= 0.3 is 0 Å². The van der Waals surface area contributed by atoms with Crippen molar-refractivity contribution in [1.82, 2.24) is 0 Å². The highest BCUT2D eigenvalue weighted by atomic mass is 14.3. The van der Waals surface area contributed by atoms with Crippen LogP contribution in [0.4, 0.5) is 0 Å². The SMILES string of the molecule is C=CCCCCC1(c2ccccc2)C=CC(CCCC)C=C1. The number of unbranched alkanes of at least 4 members (excludes halogenated alkanes) is 3. The van der Waals surface area contributed by atoms with Crippen LogP contribution in [0, 0.1) is 5.92 Å². The number of rotatable bonds is 9. The lowest BCUT2D eigenvalue weighted by atomic mass is 9.72. The summed E-state index contributed by atoms with van der Waals surface area (Å²) < 4.78 is 0. The van der Waals surface area contributed by atoms with E-state index in [1.54, 1.807) is 0 Å². The molecule has 0 heteroatoms. The summed E-state index contributed by atoms with van der Waals surface area (Å²) in [6.45, 7) is 6.10. The Labute approximate surface area is 136 Å². The fourth-order valence-electron chi connectivity index (χ4n) is 3.30. The van der Waals surface area contributed by atoms with E-state index in [-0.39, 0.29) is 5.41 Å². The van der Waals surface area contributed by atoms with Crippen molar-refractivity contribution in [2.24, 2.45) is 5.92 Å². The van der Waals surface area contributed by atoms with E-state index in [4.69, 9.17) is 0 Å². The number of allylic oxidation sites excluding steroid dienone is 5. The molecule has 0 aromatic heterocycles. The molecule has 1 aromatic rings. The van der Waals surface area contributed by atoms with E-state index in [2.05, 4.69) is 68.1 Å². The molecule has 0 fully saturated rings. The molecule has 1 aliphatic carbocycles. The molecule has 0 nitrogen and oxygen atoms in total. The molecule has 1 aliphatic rings. The zero-order valence-corrected chi connectivity index (χ0v) is 14.0. The summed E-state index contributed by atoms with van der Waals surface area (Å²) >= 11 is 0. The molecule has 0 saturated carbocycles. The minimum atomic E-state index is 0.102. The summed E-state index contributed by atoms with van der Waals surface area (Å²) in [5, 5.41) is 0. The first-order valence-corrected chi connectivity index (χ1v) is 8.86. The van der Waals surface area contributed by atoms with Gasteiger partial charge in [0, 0.05) is 5.41 Å². The zero-order valence-electron chi connectivity index (χ0n) is 14.0. The highest BCUT2D eigenvalue weighted by molar-refractivity contribution is 5.39. The number of hydrogen-bond acceptors (Lipinski definition) is 0. The van der Waals surface area contributed by atoms with Crippen LogP contribution in [0.25, 0.3) is 0 Å². The molecule has 0 saturated heterocycles. The van der Waals surface area contributed by atoms with Crippen molar-refractivity contribution in [3.05, 3.63) is 72.9 Å². The summed E-state index contributed by atoms with van der Waals surface area (Å²) in [6.07, 6.45) is 20.5. The Balaban J connectivity index is 2.11. The van der Waals surface area contributed by atoms with Crippen molar-refractivity contribution in [2.75, 3.05) is 0 Å². The fraction of sp³-hybridized carbons (Fsp3) is 0.455. The zero-order chi connectivity index (χ0) is 15.7. The van der Waals surface area contributed by atoms with Crippen LogP contribution in [0.1, 0.15) is 57.4 Å². The summed E-state index contributed by atoms with van der Waals surface area (Å²) in [6, 6.07) is 11.0. The molecule has 0 heterocycles. The fourth-order valence-corrected chi connectivity index (χ4v) is 3.30. The molecular weight excluding hydrogens is 264 g/mol. The van der Waals surface area contributed by atoms with E-state index >= 15 is 0 Å². The summed E-state index contributed by atoms with van der Waals surface area (Å²) in [5.41, 5.74) is 1.53. The lowest BCUT2D eigenvalue weighted by molar-refractivity contribution is 0.528. The molecule has 0 unspecified atom stereocenters. The summed E-state index contributed by atoms with van der Waals surface area (Å²) in [7, 11) is 0. The highest BCUT2D eigenvalue weighted by Crippen LogP contribution is 2.37. The molecule has 0 spiro atoms. The molecule has 2 rings (SSSR count). The van der Waals surface area contributed by atoms with Crippen LogP contribution in [-0.4, -0.2) is 0 Å². The Morgan fingerprint density at radius 3 is 2.41 bits per heavy atom. The minimum absolute atomic E-state index is 0.102. The van der Waals surface area contributed by atoms with Crippen LogP contribution in [0.5, 0.6) is 0 Å². The normalized spacial score (nSPS) is 23.6. The third kappa shape index (κ3) is 4.47. The van der Waals surface area contributed by atoms with E-state index in [1.807, 2.05) is 6.08 Å². The maximum atomic E-state index is 3.83. The van der Waals surface area contributed by atoms with Crippen LogP contribution >= 0.6 is 0 Å². The Kier molecular flexibility index (Phi) is 6.71. The molecule has 118 valence electrons. The van der Waals surface area contributed by atoms with Gasteiger partial charge in [0.25, 0.3) is 0 Å². The predicted molar refractivity (Wildman–Crippen MR) is 98.1 cm³/mol. The Morgan fingerprint density at radius 1 is 1.05 bits per heavy atom. The third-order valence-electron chi connectivity index (χ3n) is 4.73. The summed E-state index contributed by atoms with van der Waals surface area (Å²) in [4.78, 5) is 0. The van der Waals surface area contributed by atoms with Gasteiger partial charge in [-0.1, -0.05) is 86.9 Å². The van der Waals surface area contributed by atoms with E-state index < -0.39 is 0 Å². The molecule has 22 heavy (non-hydrogen) atoms. The van der Waals surface area contributed by atoms with Crippen molar-refractivity contribution in [1.29, 1.82) is 0 Å². The highest BCUT2D eigenvalue weighted by Gasteiger charge is 2.28. The van der Waals surface area contributed by atoms with Gasteiger partial charge in [-0.3, -0.25) is 0 Å². The van der Waals surface area contributed by atoms with Crippen molar-refractivity contribution < 1.29 is 0 Å². The molecule has 0 radical (unpaired) electrons. The largest absolute Gasteiger partial charge is 0.103 e. The Morgan fingerprint density at radius 2 is 1.77 bits per heavy atom. The maximum absolute atomic E-state index is 3.83. The van der Waals surface area contributed by atoms with E-state index in [1.165, 1.54) is 44.1 Å². The lowest BCUT2D eigenvalue weighted by Gasteiger charge is -2.32. The summed E-state index contributed by atoms with van der Waals surface area (Å²) in [5.74, 6) is 0.630. The van der Waals surface area contributed by atoms with Gasteiger partial charge in [-0.2, -0.15) is 0 Å². The van der Waals surface area contributed by atoms with Gasteiger partial charge in [0.2, 0.25) is 0 Å². The van der Waals surface area contributed by atoms with Crippen molar-refractivity contribution in [2.45, 2.75) is 57.3 Å². The standard InChI is InChI=1S/C22H30/c1-3-5-7-11-17-22(21-13-9-8-10-14-21)18-15-20(16-19-22)12-6-4-2/h3,8-10,13-16,18-20H,1,4-7,11-12,17H2,2H3. The van der Waals surface area contributed by atoms with Gasteiger partial charge in [0.15, 0.2) is 0 Å². The molecule has 0 aliphatic heterocycles. The van der Waals surface area contributed by atoms with Gasteiger partial charge in [0.1, 0.15) is 0 Å². The lowest BCUT2D eigenvalue weighted by Crippen LogP contribution is -2.23. The van der Waals surface area contributed by atoms with Crippen LogP contribution in [0.2, 0.25) is 0 Å². The van der Waals surface area contributed by atoms with Crippen LogP contribution in [0.3, 0.4) is 0 Å². The maximum Gasteiger partial charge on any atom is 0.0312 e. The Hall–Kier alpha value is -1.56. The quantitative estimate of drug-likeness (QED) is 0.355. The van der Waals surface area contributed by atoms with Crippen LogP contribution in [-0.2, 0) is 5.41 Å². The second-order valence-electron chi connectivity index (χ2n) is 6.47. The number of hydrogen-bond donors (Lipinski definition) is 0. The smallest absolute Gasteiger partial charge is 0.0312 e. The van der Waals surface area contributed by atoms with Crippen LogP contribution < -0.4 is 0 Å². The van der Waals surface area contributed by atoms with E-state index in [9.17, 15) is 0 Å². The second-order valence-corrected chi connectivity index (χ2v) is 6.47. The average molecular weight is 294 g/mol. The molecule has 0 N–H and O–H groups in total. The van der Waals surface area contributed by atoms with Gasteiger partial charge in [-0.25, -0.2) is 0 Å². The predicted octanol–water partition coefficient (Wildman–Crippen LogP) is 6.60. The van der Waals surface area contributed by atoms with Crippen molar-refractivity contribution in [3.63, 3.8) is 0 Å². The van der Waals surface area contributed by atoms with Gasteiger partial charge < -0.3 is 0 Å². The Bertz CT molecular complexity index is 478. The first-order chi connectivity index (χ1) is 10.8. The first kappa shape index (κ1) is 16.8. The van der Waals surface area contributed by atoms with E-state index in [0.29, 0.717) is 5.92 Å². The monoisotopic (exact) mass is 294 g/mol. The van der Waals surface area contributed by atoms with Crippen LogP contribution in [0.15, 0.2) is 67.3 Å². The molecule has 0 atom stereocenters. The molecule has 0 amide bonds. The topological polar surface area (TPSA) is 0 Å². The minimum Gasteiger partial charge on any atom is -0.103 e. The molecular formula is C22H30. The number of benzene rings is 1. The van der Waals surface area contributed by atoms with E-state index in [0.717, 1.165) is 6.42 Å². The van der Waals surface area contributed by atoms with Gasteiger partial charge in [-0.15, -0.1) is 6.58 Å².